The molecule has 0 amide bonds. The van der Waals surface area contributed by atoms with Crippen molar-refractivity contribution in [2.24, 2.45) is 0 Å². The summed E-state index contributed by atoms with van der Waals surface area (Å²) >= 11 is 0. The maximum atomic E-state index is 9.40. The number of anilines is 1. The normalized spacial score (nSPS) is 11.4. The number of benzene rings is 2. The molecule has 0 aliphatic heterocycles. The van der Waals surface area contributed by atoms with E-state index in [9.17, 15) is 5.26 Å². The minimum absolute atomic E-state index is 0.392. The highest BCUT2D eigenvalue weighted by Crippen LogP contribution is 2.24. The van der Waals surface area contributed by atoms with Crippen molar-refractivity contribution < 1.29 is 4.74 Å². The van der Waals surface area contributed by atoms with E-state index in [1.165, 1.54) is 0 Å². The number of nitrogens with one attached hydrogen (secondary N) is 1. The van der Waals surface area contributed by atoms with Crippen LogP contribution in [0.15, 0.2) is 48.5 Å². The molecular weight excluding hydrogens is 248 g/mol. The highest BCUT2D eigenvalue weighted by atomic mass is 16.5. The molecule has 0 aliphatic carbocycles. The van der Waals surface area contributed by atoms with Crippen molar-refractivity contribution >= 4 is 5.69 Å². The van der Waals surface area contributed by atoms with Gasteiger partial charge in [-0.15, -0.1) is 0 Å². The van der Waals surface area contributed by atoms with Crippen molar-refractivity contribution in [3.05, 3.63) is 59.7 Å². The average Bonchev–Trinajstić information content (AvgIpc) is 2.47. The molecule has 0 spiro atoms. The molecule has 0 aliphatic rings. The number of nitrogens with zero attached hydrogens (tertiary/aromatic N) is 1. The van der Waals surface area contributed by atoms with Crippen molar-refractivity contribution in [1.29, 1.82) is 5.26 Å². The van der Waals surface area contributed by atoms with Gasteiger partial charge < -0.3 is 10.1 Å². The Labute approximate surface area is 119 Å². The van der Waals surface area contributed by atoms with Gasteiger partial charge in [-0.2, -0.15) is 5.26 Å². The second-order valence-corrected chi connectivity index (χ2v) is 4.53. The molecular formula is C17H18N2O. The topological polar surface area (TPSA) is 45.0 Å². The summed E-state index contributed by atoms with van der Waals surface area (Å²) in [6.45, 7) is 4.58. The number of ether oxygens (including phenoxy) is 1. The molecule has 0 saturated heterocycles. The van der Waals surface area contributed by atoms with Crippen LogP contribution in [0.5, 0.6) is 5.75 Å². The monoisotopic (exact) mass is 266 g/mol. The summed E-state index contributed by atoms with van der Waals surface area (Å²) in [5.41, 5.74) is 3.00. The van der Waals surface area contributed by atoms with Gasteiger partial charge in [0.25, 0.3) is 0 Å². The maximum Gasteiger partial charge on any atom is 0.140 e. The summed E-state index contributed by atoms with van der Waals surface area (Å²) in [6.07, 6.45) is 0. The van der Waals surface area contributed by atoms with Crippen molar-refractivity contribution in [2.45, 2.75) is 19.9 Å². The Hall–Kier alpha value is -2.47. The number of nitriles is 1. The van der Waals surface area contributed by atoms with Crippen LogP contribution in [0.1, 0.15) is 24.1 Å². The lowest BCUT2D eigenvalue weighted by atomic mass is 10.1. The molecule has 2 aromatic carbocycles. The number of para-hydroxylation sites is 1. The molecule has 3 heteroatoms. The largest absolute Gasteiger partial charge is 0.494 e. The second-order valence-electron chi connectivity index (χ2n) is 4.53. The first kappa shape index (κ1) is 14.0. The molecule has 2 rings (SSSR count). The fourth-order valence-electron chi connectivity index (χ4n) is 2.03. The standard InChI is InChI=1S/C17H18N2O/c1-3-20-15-9-6-8-14(11-15)17(12-18)19-16-10-5-4-7-13(16)2/h4-11,17,19H,3H2,1-2H3. The molecule has 0 saturated carbocycles. The van der Waals surface area contributed by atoms with E-state index in [0.717, 1.165) is 22.6 Å². The van der Waals surface area contributed by atoms with Gasteiger partial charge in [0.2, 0.25) is 0 Å². The highest BCUT2D eigenvalue weighted by molar-refractivity contribution is 5.53. The first-order valence-corrected chi connectivity index (χ1v) is 6.69. The van der Waals surface area contributed by atoms with E-state index in [1.807, 2.05) is 62.4 Å². The first-order valence-electron chi connectivity index (χ1n) is 6.69. The van der Waals surface area contributed by atoms with E-state index in [-0.39, 0.29) is 0 Å². The molecule has 0 bridgehead atoms. The molecule has 102 valence electrons. The summed E-state index contributed by atoms with van der Waals surface area (Å²) in [5.74, 6) is 0.789. The molecule has 3 nitrogen and oxygen atoms in total. The summed E-state index contributed by atoms with van der Waals surface area (Å²) in [5, 5.41) is 12.7. The van der Waals surface area contributed by atoms with Crippen molar-refractivity contribution in [3.63, 3.8) is 0 Å². The van der Waals surface area contributed by atoms with Crippen molar-refractivity contribution in [3.8, 4) is 11.8 Å². The molecule has 1 N–H and O–H groups in total. The number of aryl methyl sites for hydroxylation is 1. The molecule has 0 fully saturated rings. The van der Waals surface area contributed by atoms with Gasteiger partial charge in [-0.3, -0.25) is 0 Å². The van der Waals surface area contributed by atoms with Gasteiger partial charge in [-0.1, -0.05) is 30.3 Å². The van der Waals surface area contributed by atoms with Crippen molar-refractivity contribution in [2.75, 3.05) is 11.9 Å². The Balaban J connectivity index is 2.23. The molecule has 2 aromatic rings. The van der Waals surface area contributed by atoms with E-state index in [0.29, 0.717) is 6.61 Å². The lowest BCUT2D eigenvalue weighted by Crippen LogP contribution is -2.09. The van der Waals surface area contributed by atoms with Gasteiger partial charge >= 0.3 is 0 Å². The van der Waals surface area contributed by atoms with E-state index in [1.54, 1.807) is 0 Å². The van der Waals surface area contributed by atoms with E-state index >= 15 is 0 Å². The van der Waals surface area contributed by atoms with Crippen LogP contribution in [0.3, 0.4) is 0 Å². The lowest BCUT2D eigenvalue weighted by Gasteiger charge is -2.16. The van der Waals surface area contributed by atoms with Crippen LogP contribution < -0.4 is 10.1 Å². The smallest absolute Gasteiger partial charge is 0.140 e. The molecule has 0 aromatic heterocycles. The number of rotatable bonds is 5. The Morgan fingerprint density at radius 3 is 2.70 bits per heavy atom. The summed E-state index contributed by atoms with van der Waals surface area (Å²) in [6, 6.07) is 17.5. The Morgan fingerprint density at radius 1 is 1.20 bits per heavy atom. The molecule has 0 radical (unpaired) electrons. The van der Waals surface area contributed by atoms with Gasteiger partial charge in [0.1, 0.15) is 11.8 Å². The van der Waals surface area contributed by atoms with E-state index in [2.05, 4.69) is 11.4 Å². The number of hydrogen-bond acceptors (Lipinski definition) is 3. The quantitative estimate of drug-likeness (QED) is 0.887. The van der Waals surface area contributed by atoms with Crippen LogP contribution in [0, 0.1) is 18.3 Å². The van der Waals surface area contributed by atoms with Gasteiger partial charge in [0.15, 0.2) is 0 Å². The zero-order valence-electron chi connectivity index (χ0n) is 11.8. The number of hydrogen-bond donors (Lipinski definition) is 1. The predicted molar refractivity (Wildman–Crippen MR) is 80.8 cm³/mol. The molecule has 20 heavy (non-hydrogen) atoms. The zero-order valence-corrected chi connectivity index (χ0v) is 11.8. The predicted octanol–water partition coefficient (Wildman–Crippen LogP) is 4.07. The Morgan fingerprint density at radius 2 is 2.00 bits per heavy atom. The third-order valence-corrected chi connectivity index (χ3v) is 3.08. The average molecular weight is 266 g/mol. The first-order chi connectivity index (χ1) is 9.74. The maximum absolute atomic E-state index is 9.40. The van der Waals surface area contributed by atoms with Crippen LogP contribution in [-0.4, -0.2) is 6.61 Å². The van der Waals surface area contributed by atoms with Crippen molar-refractivity contribution in [1.82, 2.24) is 0 Å². The summed E-state index contributed by atoms with van der Waals surface area (Å²) < 4.78 is 5.48. The zero-order chi connectivity index (χ0) is 14.4. The van der Waals surface area contributed by atoms with Crippen LogP contribution in [0.25, 0.3) is 0 Å². The van der Waals surface area contributed by atoms with Crippen LogP contribution >= 0.6 is 0 Å². The fourth-order valence-corrected chi connectivity index (χ4v) is 2.03. The minimum Gasteiger partial charge on any atom is -0.494 e. The van der Waals surface area contributed by atoms with Crippen LogP contribution in [0.4, 0.5) is 5.69 Å². The highest BCUT2D eigenvalue weighted by Gasteiger charge is 2.12. The van der Waals surface area contributed by atoms with Crippen LogP contribution in [-0.2, 0) is 0 Å². The molecule has 0 heterocycles. The Kier molecular flexibility index (Phi) is 4.62. The molecule has 1 unspecified atom stereocenters. The second kappa shape index (κ2) is 6.63. The van der Waals surface area contributed by atoms with Gasteiger partial charge in [0, 0.05) is 5.69 Å². The van der Waals surface area contributed by atoms with E-state index < -0.39 is 6.04 Å². The summed E-state index contributed by atoms with van der Waals surface area (Å²) in [7, 11) is 0. The fraction of sp³-hybridized carbons (Fsp3) is 0.235. The SMILES string of the molecule is CCOc1cccc(C(C#N)Nc2ccccc2C)c1. The van der Waals surface area contributed by atoms with Gasteiger partial charge in [-0.25, -0.2) is 0 Å². The third kappa shape index (κ3) is 3.30. The summed E-state index contributed by atoms with van der Waals surface area (Å²) in [4.78, 5) is 0. The molecule has 1 atom stereocenters. The third-order valence-electron chi connectivity index (χ3n) is 3.08. The van der Waals surface area contributed by atoms with Crippen LogP contribution in [0.2, 0.25) is 0 Å². The minimum atomic E-state index is -0.392. The van der Waals surface area contributed by atoms with E-state index in [4.69, 9.17) is 4.74 Å². The van der Waals surface area contributed by atoms with Gasteiger partial charge in [-0.05, 0) is 43.2 Å². The van der Waals surface area contributed by atoms with Gasteiger partial charge in [0.05, 0.1) is 12.7 Å². The lowest BCUT2D eigenvalue weighted by molar-refractivity contribution is 0.340. The Bertz CT molecular complexity index is 616.